The van der Waals surface area contributed by atoms with Crippen molar-refractivity contribution >= 4 is 22.6 Å². The molecule has 31 heavy (non-hydrogen) atoms. The van der Waals surface area contributed by atoms with Crippen LogP contribution in [0.4, 0.5) is 13.2 Å². The zero-order valence-corrected chi connectivity index (χ0v) is 16.6. The van der Waals surface area contributed by atoms with E-state index in [0.717, 1.165) is 40.1 Å². The molecule has 0 aliphatic rings. The number of aromatic nitrogens is 4. The molecule has 2 aromatic heterocycles. The van der Waals surface area contributed by atoms with E-state index < -0.39 is 11.7 Å². The fourth-order valence-electron chi connectivity index (χ4n) is 3.49. The maximum Gasteiger partial charge on any atom is 0.416 e. The van der Waals surface area contributed by atoms with Crippen molar-refractivity contribution in [1.29, 1.82) is 0 Å². The molecular formula is C23H14ClF3N4. The smallest absolute Gasteiger partial charge is 0.299 e. The minimum atomic E-state index is -4.38. The summed E-state index contributed by atoms with van der Waals surface area (Å²) < 4.78 is 42.2. The maximum absolute atomic E-state index is 12.9. The summed E-state index contributed by atoms with van der Waals surface area (Å²) in [6.07, 6.45) is -1.02. The van der Waals surface area contributed by atoms with Gasteiger partial charge in [-0.3, -0.25) is 4.57 Å². The first-order valence-corrected chi connectivity index (χ1v) is 9.73. The minimum Gasteiger partial charge on any atom is -0.299 e. The molecule has 5 rings (SSSR count). The van der Waals surface area contributed by atoms with Crippen LogP contribution in [0.1, 0.15) is 5.56 Å². The predicted molar refractivity (Wildman–Crippen MR) is 114 cm³/mol. The minimum absolute atomic E-state index is 0.541. The number of imidazole rings is 1. The van der Waals surface area contributed by atoms with E-state index in [1.165, 1.54) is 12.1 Å². The molecule has 0 amide bonds. The Morgan fingerprint density at radius 1 is 0.806 bits per heavy atom. The molecule has 8 heteroatoms. The highest BCUT2D eigenvalue weighted by Gasteiger charge is 2.30. The molecule has 154 valence electrons. The quantitative estimate of drug-likeness (QED) is 0.320. The number of hydrogen-bond donors (Lipinski definition) is 0. The number of fused-ring (bicyclic) bond motifs is 1. The lowest BCUT2D eigenvalue weighted by molar-refractivity contribution is -0.137. The first-order chi connectivity index (χ1) is 14.9. The summed E-state index contributed by atoms with van der Waals surface area (Å²) in [4.78, 5) is 4.45. The molecule has 0 N–H and O–H groups in total. The van der Waals surface area contributed by atoms with Crippen LogP contribution >= 0.6 is 11.6 Å². The first kappa shape index (κ1) is 19.4. The largest absolute Gasteiger partial charge is 0.416 e. The molecule has 3 aromatic carbocycles. The Morgan fingerprint density at radius 3 is 2.23 bits per heavy atom. The van der Waals surface area contributed by atoms with Gasteiger partial charge in [-0.25, -0.2) is 9.67 Å². The van der Waals surface area contributed by atoms with Crippen molar-refractivity contribution in [3.8, 4) is 22.6 Å². The van der Waals surface area contributed by atoms with Crippen molar-refractivity contribution in [1.82, 2.24) is 19.3 Å². The summed E-state index contributed by atoms with van der Waals surface area (Å²) in [6.45, 7) is 0. The van der Waals surface area contributed by atoms with E-state index in [0.29, 0.717) is 10.7 Å². The summed E-state index contributed by atoms with van der Waals surface area (Å²) in [5.41, 5.74) is 4.09. The van der Waals surface area contributed by atoms with Gasteiger partial charge in [-0.2, -0.15) is 18.3 Å². The number of halogens is 4. The van der Waals surface area contributed by atoms with E-state index in [1.54, 1.807) is 17.2 Å². The van der Waals surface area contributed by atoms with E-state index in [1.807, 2.05) is 53.1 Å². The van der Waals surface area contributed by atoms with Gasteiger partial charge in [0.15, 0.2) is 0 Å². The third-order valence-electron chi connectivity index (χ3n) is 5.03. The van der Waals surface area contributed by atoms with Gasteiger partial charge in [0, 0.05) is 16.3 Å². The maximum atomic E-state index is 12.9. The zero-order chi connectivity index (χ0) is 21.6. The van der Waals surface area contributed by atoms with Gasteiger partial charge >= 0.3 is 6.18 Å². The zero-order valence-electron chi connectivity index (χ0n) is 15.9. The average molecular weight is 439 g/mol. The lowest BCUT2D eigenvalue weighted by Crippen LogP contribution is -2.05. The van der Waals surface area contributed by atoms with Gasteiger partial charge in [0.1, 0.15) is 6.33 Å². The fourth-order valence-corrected chi connectivity index (χ4v) is 3.62. The SMILES string of the molecule is FC(F)(F)c1ccc(-n2nccc2-c2ccc3ncn(-c4ccc(Cl)cc4)c3c2)cc1. The molecule has 0 aliphatic carbocycles. The molecule has 0 saturated heterocycles. The van der Waals surface area contributed by atoms with E-state index in [9.17, 15) is 13.2 Å². The van der Waals surface area contributed by atoms with Gasteiger partial charge in [-0.1, -0.05) is 17.7 Å². The van der Waals surface area contributed by atoms with Gasteiger partial charge < -0.3 is 0 Å². The predicted octanol–water partition coefficient (Wildman–Crippen LogP) is 6.55. The van der Waals surface area contributed by atoms with Crippen LogP contribution in [-0.2, 0) is 6.18 Å². The van der Waals surface area contributed by atoms with E-state index >= 15 is 0 Å². The number of benzene rings is 3. The van der Waals surface area contributed by atoms with Gasteiger partial charge in [0.25, 0.3) is 0 Å². The van der Waals surface area contributed by atoms with Gasteiger partial charge in [0.2, 0.25) is 0 Å². The highest BCUT2D eigenvalue weighted by Crippen LogP contribution is 2.31. The van der Waals surface area contributed by atoms with Gasteiger partial charge in [-0.05, 0) is 66.7 Å². The van der Waals surface area contributed by atoms with Crippen LogP contribution in [0.25, 0.3) is 33.7 Å². The van der Waals surface area contributed by atoms with Crippen molar-refractivity contribution < 1.29 is 13.2 Å². The Labute approximate surface area is 180 Å². The topological polar surface area (TPSA) is 35.6 Å². The highest BCUT2D eigenvalue weighted by atomic mass is 35.5. The second-order valence-corrected chi connectivity index (χ2v) is 7.40. The second-order valence-electron chi connectivity index (χ2n) is 6.97. The van der Waals surface area contributed by atoms with Crippen molar-refractivity contribution in [3.05, 3.63) is 95.9 Å². The summed E-state index contributed by atoms with van der Waals surface area (Å²) in [5.74, 6) is 0. The van der Waals surface area contributed by atoms with Crippen LogP contribution in [-0.4, -0.2) is 19.3 Å². The van der Waals surface area contributed by atoms with Crippen LogP contribution in [0, 0.1) is 0 Å². The normalized spacial score (nSPS) is 11.9. The van der Waals surface area contributed by atoms with Crippen molar-refractivity contribution in [2.75, 3.05) is 0 Å². The molecule has 0 spiro atoms. The van der Waals surface area contributed by atoms with Crippen LogP contribution in [0.2, 0.25) is 5.02 Å². The third kappa shape index (κ3) is 3.57. The van der Waals surface area contributed by atoms with Crippen molar-refractivity contribution in [2.24, 2.45) is 0 Å². The Kier molecular flexibility index (Phi) is 4.55. The standard InChI is InChI=1S/C23H14ClF3N4/c24-17-4-8-18(9-5-17)30-14-28-20-10-1-15(13-22(20)30)21-11-12-29-31(21)19-6-2-16(3-7-19)23(25,26)27/h1-14H. The van der Waals surface area contributed by atoms with E-state index in [-0.39, 0.29) is 0 Å². The first-order valence-electron chi connectivity index (χ1n) is 9.35. The Morgan fingerprint density at radius 2 is 1.52 bits per heavy atom. The highest BCUT2D eigenvalue weighted by molar-refractivity contribution is 6.30. The number of nitrogens with zero attached hydrogens (tertiary/aromatic N) is 4. The Hall–Kier alpha value is -3.58. The lowest BCUT2D eigenvalue weighted by atomic mass is 10.1. The van der Waals surface area contributed by atoms with Crippen LogP contribution in [0.15, 0.2) is 85.3 Å². The number of alkyl halides is 3. The number of rotatable bonds is 3. The average Bonchev–Trinajstić information content (AvgIpc) is 3.41. The van der Waals surface area contributed by atoms with E-state index in [2.05, 4.69) is 10.1 Å². The van der Waals surface area contributed by atoms with Crippen LogP contribution in [0.3, 0.4) is 0 Å². The van der Waals surface area contributed by atoms with Crippen LogP contribution < -0.4 is 0 Å². The van der Waals surface area contributed by atoms with Crippen molar-refractivity contribution in [2.45, 2.75) is 6.18 Å². The molecule has 0 radical (unpaired) electrons. The molecule has 0 unspecified atom stereocenters. The van der Waals surface area contributed by atoms with Gasteiger partial charge in [-0.15, -0.1) is 0 Å². The summed E-state index contributed by atoms with van der Waals surface area (Å²) in [7, 11) is 0. The summed E-state index contributed by atoms with van der Waals surface area (Å²) in [5, 5.41) is 4.96. The molecule has 0 aliphatic heterocycles. The Balaban J connectivity index is 1.57. The number of hydrogen-bond acceptors (Lipinski definition) is 2. The molecule has 0 bridgehead atoms. The molecule has 0 atom stereocenters. The summed E-state index contributed by atoms with van der Waals surface area (Å²) >= 11 is 6.00. The molecule has 5 aromatic rings. The molecular weight excluding hydrogens is 425 g/mol. The molecule has 4 nitrogen and oxygen atoms in total. The fraction of sp³-hybridized carbons (Fsp3) is 0.0435. The lowest BCUT2D eigenvalue weighted by Gasteiger charge is -2.11. The third-order valence-corrected chi connectivity index (χ3v) is 5.28. The van der Waals surface area contributed by atoms with E-state index in [4.69, 9.17) is 11.6 Å². The monoisotopic (exact) mass is 438 g/mol. The Bertz CT molecular complexity index is 1370. The van der Waals surface area contributed by atoms with Gasteiger partial charge in [0.05, 0.1) is 34.2 Å². The molecule has 0 saturated carbocycles. The molecule has 2 heterocycles. The van der Waals surface area contributed by atoms with Crippen molar-refractivity contribution in [3.63, 3.8) is 0 Å². The van der Waals surface area contributed by atoms with Crippen LogP contribution in [0.5, 0.6) is 0 Å². The second kappa shape index (κ2) is 7.28. The molecule has 0 fully saturated rings. The summed E-state index contributed by atoms with van der Waals surface area (Å²) in [6, 6.07) is 20.0.